The van der Waals surface area contributed by atoms with Gasteiger partial charge in [-0.05, 0) is 37.8 Å². The average molecular weight is 435 g/mol. The summed E-state index contributed by atoms with van der Waals surface area (Å²) in [5, 5.41) is 10.1. The molecule has 0 aliphatic heterocycles. The zero-order chi connectivity index (χ0) is 22.2. The van der Waals surface area contributed by atoms with E-state index >= 15 is 0 Å². The minimum absolute atomic E-state index is 0.383. The maximum atomic E-state index is 11.2. The van der Waals surface area contributed by atoms with Crippen LogP contribution in [0.25, 0.3) is 0 Å². The molecule has 0 radical (unpaired) electrons. The van der Waals surface area contributed by atoms with Crippen molar-refractivity contribution in [1.29, 1.82) is 0 Å². The average Bonchev–Trinajstić information content (AvgIpc) is 3.32. The van der Waals surface area contributed by atoms with Gasteiger partial charge in [-0.1, -0.05) is 31.4 Å². The monoisotopic (exact) mass is 434 g/mol. The van der Waals surface area contributed by atoms with Crippen molar-refractivity contribution in [2.24, 2.45) is 0 Å². The Kier molecular flexibility index (Phi) is 7.27. The molecule has 1 aliphatic carbocycles. The highest BCUT2D eigenvalue weighted by Crippen LogP contribution is 2.23. The third-order valence-electron chi connectivity index (χ3n) is 5.65. The van der Waals surface area contributed by atoms with Gasteiger partial charge in [0.2, 0.25) is 17.8 Å². The molecule has 3 N–H and O–H groups in total. The predicted molar refractivity (Wildman–Crippen MR) is 126 cm³/mol. The van der Waals surface area contributed by atoms with Crippen LogP contribution in [0.5, 0.6) is 0 Å². The fraction of sp³-hybridized carbons (Fsp3) is 0.435. The van der Waals surface area contributed by atoms with Gasteiger partial charge in [-0.15, -0.1) is 0 Å². The highest BCUT2D eigenvalue weighted by molar-refractivity contribution is 5.78. The molecule has 0 atom stereocenters. The van der Waals surface area contributed by atoms with Crippen molar-refractivity contribution < 1.29 is 4.79 Å². The van der Waals surface area contributed by atoms with Crippen LogP contribution < -0.4 is 16.0 Å². The normalized spacial score (nSPS) is 14.2. The molecule has 4 rings (SSSR count). The van der Waals surface area contributed by atoms with E-state index in [-0.39, 0.29) is 0 Å². The van der Waals surface area contributed by atoms with Gasteiger partial charge in [-0.25, -0.2) is 4.98 Å². The molecule has 168 valence electrons. The SMILES string of the molecule is Cc1ccc(C=O)cc1Nc1nc(NCCCn2ccnc2)nc(NC2CCCCC2)n1. The summed E-state index contributed by atoms with van der Waals surface area (Å²) in [7, 11) is 0. The number of aryl methyl sites for hydroxylation is 2. The molecule has 1 aromatic carbocycles. The number of aromatic nitrogens is 5. The molecule has 0 saturated heterocycles. The van der Waals surface area contributed by atoms with E-state index in [9.17, 15) is 4.79 Å². The van der Waals surface area contributed by atoms with Crippen molar-refractivity contribution in [2.75, 3.05) is 22.5 Å². The predicted octanol–water partition coefficient (Wildman–Crippen LogP) is 4.18. The molecule has 1 aliphatic rings. The second-order valence-electron chi connectivity index (χ2n) is 8.18. The maximum absolute atomic E-state index is 11.2. The van der Waals surface area contributed by atoms with Gasteiger partial charge in [0.15, 0.2) is 0 Å². The molecule has 1 fully saturated rings. The van der Waals surface area contributed by atoms with Crippen LogP contribution in [0.4, 0.5) is 23.5 Å². The molecule has 9 nitrogen and oxygen atoms in total. The summed E-state index contributed by atoms with van der Waals surface area (Å²) >= 11 is 0. The third kappa shape index (κ3) is 6.03. The lowest BCUT2D eigenvalue weighted by Crippen LogP contribution is -2.24. The van der Waals surface area contributed by atoms with E-state index in [0.29, 0.717) is 29.5 Å². The van der Waals surface area contributed by atoms with E-state index in [1.165, 1.54) is 19.3 Å². The molecule has 1 saturated carbocycles. The van der Waals surface area contributed by atoms with Gasteiger partial charge in [-0.3, -0.25) is 4.79 Å². The summed E-state index contributed by atoms with van der Waals surface area (Å²) in [6.45, 7) is 3.58. The maximum Gasteiger partial charge on any atom is 0.233 e. The number of aldehydes is 1. The summed E-state index contributed by atoms with van der Waals surface area (Å²) in [6.07, 6.45) is 13.3. The molecule has 9 heteroatoms. The van der Waals surface area contributed by atoms with Crippen molar-refractivity contribution in [3.05, 3.63) is 48.0 Å². The van der Waals surface area contributed by atoms with Crippen molar-refractivity contribution in [2.45, 2.75) is 58.0 Å². The van der Waals surface area contributed by atoms with Gasteiger partial charge in [0.05, 0.1) is 6.33 Å². The molecule has 2 heterocycles. The molecule has 0 amide bonds. The number of nitrogens with one attached hydrogen (secondary N) is 3. The van der Waals surface area contributed by atoms with Gasteiger partial charge in [0.25, 0.3) is 0 Å². The number of hydrogen-bond acceptors (Lipinski definition) is 8. The van der Waals surface area contributed by atoms with Crippen LogP contribution >= 0.6 is 0 Å². The molecule has 2 aromatic heterocycles. The van der Waals surface area contributed by atoms with Gasteiger partial charge in [0.1, 0.15) is 6.29 Å². The highest BCUT2D eigenvalue weighted by atomic mass is 16.1. The Labute approximate surface area is 188 Å². The van der Waals surface area contributed by atoms with Crippen LogP contribution in [0, 0.1) is 6.92 Å². The Morgan fingerprint density at radius 1 is 1.09 bits per heavy atom. The fourth-order valence-electron chi connectivity index (χ4n) is 3.85. The Morgan fingerprint density at radius 2 is 1.91 bits per heavy atom. The van der Waals surface area contributed by atoms with E-state index < -0.39 is 0 Å². The number of rotatable bonds is 10. The van der Waals surface area contributed by atoms with Crippen molar-refractivity contribution >= 4 is 29.8 Å². The van der Waals surface area contributed by atoms with Crippen LogP contribution in [0.3, 0.4) is 0 Å². The number of hydrogen-bond donors (Lipinski definition) is 3. The minimum atomic E-state index is 0.383. The second-order valence-corrected chi connectivity index (χ2v) is 8.18. The second kappa shape index (κ2) is 10.7. The Balaban J connectivity index is 1.48. The van der Waals surface area contributed by atoms with Crippen LogP contribution in [0.1, 0.15) is 54.4 Å². The van der Waals surface area contributed by atoms with E-state index in [2.05, 4.69) is 35.9 Å². The molecule has 0 spiro atoms. The van der Waals surface area contributed by atoms with Crippen molar-refractivity contribution in [3.8, 4) is 0 Å². The minimum Gasteiger partial charge on any atom is -0.354 e. The topological polar surface area (TPSA) is 110 Å². The van der Waals surface area contributed by atoms with Gasteiger partial charge >= 0.3 is 0 Å². The Bertz CT molecular complexity index is 1010. The molecule has 32 heavy (non-hydrogen) atoms. The van der Waals surface area contributed by atoms with Gasteiger partial charge in [0, 0.05) is 42.8 Å². The Hall–Kier alpha value is -3.49. The fourth-order valence-corrected chi connectivity index (χ4v) is 3.85. The lowest BCUT2D eigenvalue weighted by atomic mass is 9.96. The van der Waals surface area contributed by atoms with E-state index in [4.69, 9.17) is 0 Å². The van der Waals surface area contributed by atoms with E-state index in [1.54, 1.807) is 18.3 Å². The third-order valence-corrected chi connectivity index (χ3v) is 5.65. The summed E-state index contributed by atoms with van der Waals surface area (Å²) < 4.78 is 2.04. The number of imidazole rings is 1. The summed E-state index contributed by atoms with van der Waals surface area (Å²) in [5.41, 5.74) is 2.41. The van der Waals surface area contributed by atoms with Gasteiger partial charge < -0.3 is 20.5 Å². The number of anilines is 4. The smallest absolute Gasteiger partial charge is 0.233 e. The standard InChI is InChI=1S/C23H30N8O/c1-17-8-9-18(15-32)14-20(17)27-23-29-21(25-10-5-12-31-13-11-24-16-31)28-22(30-23)26-19-6-3-2-4-7-19/h8-9,11,13-16,19H,2-7,10,12H2,1H3,(H3,25,26,27,28,29,30). The molecule has 0 unspecified atom stereocenters. The highest BCUT2D eigenvalue weighted by Gasteiger charge is 2.16. The van der Waals surface area contributed by atoms with Crippen LogP contribution in [0.15, 0.2) is 36.9 Å². The van der Waals surface area contributed by atoms with E-state index in [1.807, 2.05) is 30.1 Å². The zero-order valence-corrected chi connectivity index (χ0v) is 18.4. The summed E-state index contributed by atoms with van der Waals surface area (Å²) in [6, 6.07) is 5.89. The lowest BCUT2D eigenvalue weighted by Gasteiger charge is -2.23. The van der Waals surface area contributed by atoms with Crippen molar-refractivity contribution in [3.63, 3.8) is 0 Å². The largest absolute Gasteiger partial charge is 0.354 e. The van der Waals surface area contributed by atoms with Crippen LogP contribution in [-0.2, 0) is 6.54 Å². The first-order chi connectivity index (χ1) is 15.7. The number of carbonyl (C=O) groups is 1. The van der Waals surface area contributed by atoms with E-state index in [0.717, 1.165) is 49.9 Å². The van der Waals surface area contributed by atoms with Crippen LogP contribution in [0.2, 0.25) is 0 Å². The van der Waals surface area contributed by atoms with Crippen LogP contribution in [-0.4, -0.2) is 43.4 Å². The first kappa shape index (κ1) is 21.7. The molecule has 3 aromatic rings. The Morgan fingerprint density at radius 3 is 2.69 bits per heavy atom. The molecule has 0 bridgehead atoms. The number of benzene rings is 1. The quantitative estimate of drug-likeness (QED) is 0.322. The molecular formula is C23H30N8O. The first-order valence-corrected chi connectivity index (χ1v) is 11.2. The first-order valence-electron chi connectivity index (χ1n) is 11.2. The number of carbonyl (C=O) groups excluding carboxylic acids is 1. The number of nitrogens with zero attached hydrogens (tertiary/aromatic N) is 5. The molecular weight excluding hydrogens is 404 g/mol. The zero-order valence-electron chi connectivity index (χ0n) is 18.4. The lowest BCUT2D eigenvalue weighted by molar-refractivity contribution is 0.112. The summed E-state index contributed by atoms with van der Waals surface area (Å²) in [4.78, 5) is 29.0. The van der Waals surface area contributed by atoms with Gasteiger partial charge in [-0.2, -0.15) is 15.0 Å². The summed E-state index contributed by atoms with van der Waals surface area (Å²) in [5.74, 6) is 1.54. The van der Waals surface area contributed by atoms with Crippen molar-refractivity contribution in [1.82, 2.24) is 24.5 Å².